The Morgan fingerprint density at radius 3 is 2.06 bits per heavy atom. The summed E-state index contributed by atoms with van der Waals surface area (Å²) >= 11 is 0. The van der Waals surface area contributed by atoms with Crippen molar-refractivity contribution in [1.29, 1.82) is 0 Å². The Morgan fingerprint density at radius 1 is 0.853 bits per heavy atom. The van der Waals surface area contributed by atoms with Gasteiger partial charge in [-0.15, -0.1) is 0 Å². The number of aryl methyl sites for hydroxylation is 2. The van der Waals surface area contributed by atoms with Crippen LogP contribution in [0.15, 0.2) is 48.5 Å². The van der Waals surface area contributed by atoms with E-state index in [2.05, 4.69) is 15.5 Å². The van der Waals surface area contributed by atoms with Crippen molar-refractivity contribution < 1.29 is 14.4 Å². The monoisotopic (exact) mass is 464 g/mol. The second-order valence-electron chi connectivity index (χ2n) is 9.43. The molecule has 34 heavy (non-hydrogen) atoms. The molecule has 1 heterocycles. The summed E-state index contributed by atoms with van der Waals surface area (Å²) in [6, 6.07) is 14.6. The third-order valence-corrected chi connectivity index (χ3v) is 6.08. The zero-order valence-corrected chi connectivity index (χ0v) is 20.6. The van der Waals surface area contributed by atoms with E-state index in [-0.39, 0.29) is 30.2 Å². The number of piperazine rings is 1. The van der Waals surface area contributed by atoms with Crippen LogP contribution < -0.4 is 10.6 Å². The molecule has 1 aliphatic heterocycles. The summed E-state index contributed by atoms with van der Waals surface area (Å²) < 4.78 is 0. The van der Waals surface area contributed by atoms with Gasteiger partial charge in [0.15, 0.2) is 0 Å². The number of rotatable bonds is 8. The molecule has 1 aliphatic rings. The molecule has 2 aromatic carbocycles. The fourth-order valence-electron chi connectivity index (χ4n) is 4.23. The number of nitrogens with one attached hydrogen (secondary N) is 2. The molecule has 0 aliphatic carbocycles. The van der Waals surface area contributed by atoms with Gasteiger partial charge in [0.1, 0.15) is 6.04 Å². The number of amides is 3. The van der Waals surface area contributed by atoms with Crippen molar-refractivity contribution in [1.82, 2.24) is 15.1 Å². The highest BCUT2D eigenvalue weighted by Gasteiger charge is 2.30. The predicted molar refractivity (Wildman–Crippen MR) is 134 cm³/mol. The molecule has 2 N–H and O–H groups in total. The van der Waals surface area contributed by atoms with Crippen LogP contribution in [0.1, 0.15) is 43.0 Å². The largest absolute Gasteiger partial charge is 0.341 e. The zero-order chi connectivity index (χ0) is 24.7. The van der Waals surface area contributed by atoms with Gasteiger partial charge in [-0.3, -0.25) is 19.3 Å². The molecule has 1 unspecified atom stereocenters. The van der Waals surface area contributed by atoms with Gasteiger partial charge < -0.3 is 15.5 Å². The first-order valence-electron chi connectivity index (χ1n) is 12.0. The summed E-state index contributed by atoms with van der Waals surface area (Å²) in [7, 11) is 0. The highest BCUT2D eigenvalue weighted by molar-refractivity contribution is 5.94. The van der Waals surface area contributed by atoms with Gasteiger partial charge >= 0.3 is 0 Å². The summed E-state index contributed by atoms with van der Waals surface area (Å²) in [5.41, 5.74) is 3.72. The van der Waals surface area contributed by atoms with E-state index in [0.717, 1.165) is 22.4 Å². The second kappa shape index (κ2) is 11.8. The standard InChI is InChI=1S/C27H36N4O3/c1-19(2)17-23(32)28-26(22-11-6-5-7-12-22)27(34)31-15-13-30(14-16-31)18-24(33)29-25-20(3)9-8-10-21(25)4/h5-12,19,26H,13-18H2,1-4H3,(H,28,32)(H,29,33). The van der Waals surface area contributed by atoms with Crippen molar-refractivity contribution in [2.24, 2.45) is 5.92 Å². The maximum Gasteiger partial charge on any atom is 0.249 e. The molecule has 1 saturated heterocycles. The van der Waals surface area contributed by atoms with E-state index in [1.165, 1.54) is 0 Å². The number of carbonyl (C=O) groups is 3. The molecule has 7 heteroatoms. The van der Waals surface area contributed by atoms with Crippen LogP contribution in [0.25, 0.3) is 0 Å². The summed E-state index contributed by atoms with van der Waals surface area (Å²) in [5, 5.41) is 5.96. The molecule has 3 rings (SSSR count). The van der Waals surface area contributed by atoms with Crippen LogP contribution in [0.2, 0.25) is 0 Å². The van der Waals surface area contributed by atoms with Gasteiger partial charge in [0.05, 0.1) is 6.54 Å². The van der Waals surface area contributed by atoms with Crippen LogP contribution in [0, 0.1) is 19.8 Å². The summed E-state index contributed by atoms with van der Waals surface area (Å²) in [4.78, 5) is 42.3. The molecule has 0 saturated carbocycles. The fourth-order valence-corrected chi connectivity index (χ4v) is 4.23. The average molecular weight is 465 g/mol. The molecule has 0 aromatic heterocycles. The van der Waals surface area contributed by atoms with Gasteiger partial charge in [-0.2, -0.15) is 0 Å². The van der Waals surface area contributed by atoms with Gasteiger partial charge in [0, 0.05) is 38.3 Å². The number of hydrogen-bond donors (Lipinski definition) is 2. The van der Waals surface area contributed by atoms with E-state index < -0.39 is 6.04 Å². The van der Waals surface area contributed by atoms with E-state index in [4.69, 9.17) is 0 Å². The maximum atomic E-state index is 13.4. The Labute approximate surface area is 202 Å². The van der Waals surface area contributed by atoms with Crippen molar-refractivity contribution in [2.45, 2.75) is 40.2 Å². The lowest BCUT2D eigenvalue weighted by molar-refractivity contribution is -0.138. The number of para-hydroxylation sites is 1. The number of nitrogens with zero attached hydrogens (tertiary/aromatic N) is 2. The normalized spacial score (nSPS) is 15.1. The quantitative estimate of drug-likeness (QED) is 0.628. The molecule has 2 aromatic rings. The molecule has 0 spiro atoms. The summed E-state index contributed by atoms with van der Waals surface area (Å²) in [6.07, 6.45) is 0.375. The molecule has 1 atom stereocenters. The van der Waals surface area contributed by atoms with Crippen LogP contribution in [0.4, 0.5) is 5.69 Å². The van der Waals surface area contributed by atoms with Gasteiger partial charge in [-0.1, -0.05) is 62.4 Å². The summed E-state index contributed by atoms with van der Waals surface area (Å²) in [6.45, 7) is 10.4. The lowest BCUT2D eigenvalue weighted by Gasteiger charge is -2.36. The first kappa shape index (κ1) is 25.4. The minimum Gasteiger partial charge on any atom is -0.341 e. The molecule has 1 fully saturated rings. The second-order valence-corrected chi connectivity index (χ2v) is 9.43. The first-order valence-corrected chi connectivity index (χ1v) is 12.0. The fraction of sp³-hybridized carbons (Fsp3) is 0.444. The predicted octanol–water partition coefficient (Wildman–Crippen LogP) is 3.29. The average Bonchev–Trinajstić information content (AvgIpc) is 2.80. The molecule has 7 nitrogen and oxygen atoms in total. The maximum absolute atomic E-state index is 13.4. The van der Waals surface area contributed by atoms with E-state index in [9.17, 15) is 14.4 Å². The van der Waals surface area contributed by atoms with Crippen molar-refractivity contribution in [3.63, 3.8) is 0 Å². The van der Waals surface area contributed by atoms with Crippen molar-refractivity contribution in [3.05, 3.63) is 65.2 Å². The van der Waals surface area contributed by atoms with Gasteiger partial charge in [-0.05, 0) is 36.5 Å². The topological polar surface area (TPSA) is 81.8 Å². The van der Waals surface area contributed by atoms with Gasteiger partial charge in [-0.25, -0.2) is 0 Å². The zero-order valence-electron chi connectivity index (χ0n) is 20.6. The minimum atomic E-state index is -0.702. The molecule has 0 radical (unpaired) electrons. The van der Waals surface area contributed by atoms with Crippen molar-refractivity contribution in [2.75, 3.05) is 38.0 Å². The van der Waals surface area contributed by atoms with E-state index in [1.807, 2.05) is 76.2 Å². The van der Waals surface area contributed by atoms with Gasteiger partial charge in [0.25, 0.3) is 0 Å². The smallest absolute Gasteiger partial charge is 0.249 e. The van der Waals surface area contributed by atoms with Gasteiger partial charge in [0.2, 0.25) is 17.7 Å². The van der Waals surface area contributed by atoms with E-state index in [1.54, 1.807) is 4.90 Å². The Morgan fingerprint density at radius 2 is 1.47 bits per heavy atom. The lowest BCUT2D eigenvalue weighted by atomic mass is 10.0. The lowest BCUT2D eigenvalue weighted by Crippen LogP contribution is -2.53. The number of anilines is 1. The highest BCUT2D eigenvalue weighted by atomic mass is 16.2. The number of carbonyl (C=O) groups excluding carboxylic acids is 3. The van der Waals surface area contributed by atoms with Crippen molar-refractivity contribution >= 4 is 23.4 Å². The Bertz CT molecular complexity index is 978. The van der Waals surface area contributed by atoms with Crippen LogP contribution >= 0.6 is 0 Å². The van der Waals surface area contributed by atoms with Crippen LogP contribution in [-0.4, -0.2) is 60.2 Å². The highest BCUT2D eigenvalue weighted by Crippen LogP contribution is 2.20. The minimum absolute atomic E-state index is 0.0553. The first-order chi connectivity index (χ1) is 16.2. The van der Waals surface area contributed by atoms with E-state index >= 15 is 0 Å². The van der Waals surface area contributed by atoms with E-state index in [0.29, 0.717) is 32.6 Å². The number of benzene rings is 2. The molecular formula is C27H36N4O3. The third kappa shape index (κ3) is 6.90. The van der Waals surface area contributed by atoms with Crippen LogP contribution in [0.3, 0.4) is 0 Å². The Balaban J connectivity index is 1.58. The van der Waals surface area contributed by atoms with Crippen LogP contribution in [-0.2, 0) is 14.4 Å². The van der Waals surface area contributed by atoms with Crippen molar-refractivity contribution in [3.8, 4) is 0 Å². The number of hydrogen-bond acceptors (Lipinski definition) is 4. The summed E-state index contributed by atoms with van der Waals surface area (Å²) in [5.74, 6) is -0.0769. The molecule has 0 bridgehead atoms. The SMILES string of the molecule is Cc1cccc(C)c1NC(=O)CN1CCN(C(=O)C(NC(=O)CC(C)C)c2ccccc2)CC1. The molecule has 182 valence electrons. The van der Waals surface area contributed by atoms with Crippen LogP contribution in [0.5, 0.6) is 0 Å². The molecular weight excluding hydrogens is 428 g/mol. The third-order valence-electron chi connectivity index (χ3n) is 6.08. The Kier molecular flexibility index (Phi) is 8.82. The molecule has 3 amide bonds. The Hall–Kier alpha value is -3.19.